The summed E-state index contributed by atoms with van der Waals surface area (Å²) in [6.07, 6.45) is 0. The standard InChI is InChI=1S/C12H13N3O3/c1-14-10-8(3-2-4-9(10)16)11(17)15(12(14)18)7-5-13-6-7/h2-4,7,13,16H,5-6H2,1H3. The van der Waals surface area contributed by atoms with Crippen molar-refractivity contribution in [3.05, 3.63) is 39.0 Å². The Morgan fingerprint density at radius 1 is 1.33 bits per heavy atom. The molecule has 2 heterocycles. The summed E-state index contributed by atoms with van der Waals surface area (Å²) < 4.78 is 2.59. The summed E-state index contributed by atoms with van der Waals surface area (Å²) in [4.78, 5) is 24.5. The first-order valence-electron chi connectivity index (χ1n) is 5.75. The lowest BCUT2D eigenvalue weighted by molar-refractivity contribution is 0.323. The third kappa shape index (κ3) is 1.32. The summed E-state index contributed by atoms with van der Waals surface area (Å²) in [5.41, 5.74) is -0.438. The molecule has 1 saturated heterocycles. The van der Waals surface area contributed by atoms with Crippen LogP contribution in [-0.2, 0) is 7.05 Å². The van der Waals surface area contributed by atoms with Crippen LogP contribution in [0.3, 0.4) is 0 Å². The van der Waals surface area contributed by atoms with Gasteiger partial charge in [-0.25, -0.2) is 4.79 Å². The third-order valence-electron chi connectivity index (χ3n) is 3.42. The second kappa shape index (κ2) is 3.71. The number of aryl methyl sites for hydroxylation is 1. The van der Waals surface area contributed by atoms with E-state index < -0.39 is 0 Å². The number of phenols is 1. The van der Waals surface area contributed by atoms with Crippen molar-refractivity contribution in [3.63, 3.8) is 0 Å². The number of hydrogen-bond donors (Lipinski definition) is 2. The molecular weight excluding hydrogens is 234 g/mol. The average Bonchev–Trinajstić information content (AvgIpc) is 2.29. The SMILES string of the molecule is Cn1c(=O)n(C2CNC2)c(=O)c2cccc(O)c21. The molecule has 0 saturated carbocycles. The number of fused-ring (bicyclic) bond motifs is 1. The molecule has 2 N–H and O–H groups in total. The Bertz CT molecular complexity index is 741. The summed E-state index contributed by atoms with van der Waals surface area (Å²) in [6.45, 7) is 1.25. The van der Waals surface area contributed by atoms with Crippen molar-refractivity contribution in [2.75, 3.05) is 13.1 Å². The number of benzene rings is 1. The van der Waals surface area contributed by atoms with Crippen LogP contribution in [0, 0.1) is 0 Å². The molecule has 6 nitrogen and oxygen atoms in total. The smallest absolute Gasteiger partial charge is 0.331 e. The van der Waals surface area contributed by atoms with Gasteiger partial charge in [0, 0.05) is 20.1 Å². The summed E-state index contributed by atoms with van der Waals surface area (Å²) in [5.74, 6) is -0.0527. The van der Waals surface area contributed by atoms with Crippen LogP contribution in [0.15, 0.2) is 27.8 Å². The van der Waals surface area contributed by atoms with Gasteiger partial charge in [0.1, 0.15) is 5.75 Å². The Morgan fingerprint density at radius 3 is 2.67 bits per heavy atom. The molecule has 0 spiro atoms. The van der Waals surface area contributed by atoms with Crippen LogP contribution in [0.4, 0.5) is 0 Å². The lowest BCUT2D eigenvalue weighted by Gasteiger charge is -2.28. The Hall–Kier alpha value is -2.08. The van der Waals surface area contributed by atoms with Crippen LogP contribution < -0.4 is 16.6 Å². The minimum absolute atomic E-state index is 0.0527. The minimum atomic E-state index is -0.388. The molecule has 2 aromatic rings. The van der Waals surface area contributed by atoms with E-state index in [1.165, 1.54) is 15.2 Å². The number of aromatic nitrogens is 2. The number of para-hydroxylation sites is 1. The first-order chi connectivity index (χ1) is 8.61. The van der Waals surface area contributed by atoms with E-state index in [2.05, 4.69) is 5.32 Å². The largest absolute Gasteiger partial charge is 0.506 e. The van der Waals surface area contributed by atoms with Crippen LogP contribution in [0.5, 0.6) is 5.75 Å². The van der Waals surface area contributed by atoms with E-state index in [9.17, 15) is 14.7 Å². The number of aromatic hydroxyl groups is 1. The second-order valence-corrected chi connectivity index (χ2v) is 4.50. The molecule has 1 aliphatic rings. The van der Waals surface area contributed by atoms with Gasteiger partial charge >= 0.3 is 5.69 Å². The second-order valence-electron chi connectivity index (χ2n) is 4.50. The maximum absolute atomic E-state index is 12.3. The molecule has 3 rings (SSSR count). The molecule has 6 heteroatoms. The van der Waals surface area contributed by atoms with Crippen molar-refractivity contribution >= 4 is 10.9 Å². The highest BCUT2D eigenvalue weighted by Crippen LogP contribution is 2.20. The van der Waals surface area contributed by atoms with Gasteiger partial charge in [-0.1, -0.05) is 6.07 Å². The molecule has 18 heavy (non-hydrogen) atoms. The summed E-state index contributed by atoms with van der Waals surface area (Å²) in [7, 11) is 1.56. The minimum Gasteiger partial charge on any atom is -0.506 e. The fourth-order valence-corrected chi connectivity index (χ4v) is 2.31. The van der Waals surface area contributed by atoms with Gasteiger partial charge in [-0.2, -0.15) is 0 Å². The topological polar surface area (TPSA) is 76.3 Å². The number of rotatable bonds is 1. The average molecular weight is 247 g/mol. The zero-order chi connectivity index (χ0) is 12.9. The summed E-state index contributed by atoms with van der Waals surface area (Å²) in [6, 6.07) is 4.60. The van der Waals surface area contributed by atoms with Crippen molar-refractivity contribution in [2.45, 2.75) is 6.04 Å². The van der Waals surface area contributed by atoms with Gasteiger partial charge in [0.05, 0.1) is 16.9 Å². The molecule has 0 unspecified atom stereocenters. The Morgan fingerprint density at radius 2 is 2.06 bits per heavy atom. The molecule has 1 aliphatic heterocycles. The van der Waals surface area contributed by atoms with Crippen LogP contribution in [0.2, 0.25) is 0 Å². The molecule has 0 amide bonds. The molecule has 0 bridgehead atoms. The van der Waals surface area contributed by atoms with Gasteiger partial charge in [0.2, 0.25) is 0 Å². The Labute approximate surface area is 102 Å². The molecule has 94 valence electrons. The molecule has 1 aromatic heterocycles. The van der Waals surface area contributed by atoms with Crippen LogP contribution in [0.1, 0.15) is 6.04 Å². The molecular formula is C12H13N3O3. The van der Waals surface area contributed by atoms with Crippen molar-refractivity contribution in [1.29, 1.82) is 0 Å². The van der Waals surface area contributed by atoms with Crippen molar-refractivity contribution in [1.82, 2.24) is 14.5 Å². The monoisotopic (exact) mass is 247 g/mol. The summed E-state index contributed by atoms with van der Waals surface area (Å²) >= 11 is 0. The zero-order valence-electron chi connectivity index (χ0n) is 9.88. The zero-order valence-corrected chi connectivity index (χ0v) is 9.88. The third-order valence-corrected chi connectivity index (χ3v) is 3.42. The fraction of sp³-hybridized carbons (Fsp3) is 0.333. The predicted molar refractivity (Wildman–Crippen MR) is 67.0 cm³/mol. The first kappa shape index (κ1) is 11.0. The molecule has 0 atom stereocenters. The van der Waals surface area contributed by atoms with Crippen LogP contribution in [0.25, 0.3) is 10.9 Å². The van der Waals surface area contributed by atoms with E-state index in [0.717, 1.165) is 0 Å². The Kier molecular flexibility index (Phi) is 2.27. The highest BCUT2D eigenvalue weighted by Gasteiger charge is 2.24. The maximum Gasteiger partial charge on any atom is 0.331 e. The van der Waals surface area contributed by atoms with Gasteiger partial charge in [-0.3, -0.25) is 13.9 Å². The molecule has 0 radical (unpaired) electrons. The number of hydrogen-bond acceptors (Lipinski definition) is 4. The van der Waals surface area contributed by atoms with Gasteiger partial charge in [0.25, 0.3) is 5.56 Å². The van der Waals surface area contributed by atoms with E-state index in [4.69, 9.17) is 0 Å². The van der Waals surface area contributed by atoms with E-state index in [1.807, 2.05) is 0 Å². The van der Waals surface area contributed by atoms with E-state index in [-0.39, 0.29) is 28.6 Å². The van der Waals surface area contributed by atoms with Crippen molar-refractivity contribution in [2.24, 2.45) is 7.05 Å². The normalized spacial score (nSPS) is 15.8. The Balaban J connectivity index is 2.47. The van der Waals surface area contributed by atoms with Crippen molar-refractivity contribution in [3.8, 4) is 5.75 Å². The van der Waals surface area contributed by atoms with Gasteiger partial charge in [-0.05, 0) is 12.1 Å². The number of nitrogens with zero attached hydrogens (tertiary/aromatic N) is 2. The van der Waals surface area contributed by atoms with Crippen molar-refractivity contribution < 1.29 is 5.11 Å². The molecule has 1 fully saturated rings. The lowest BCUT2D eigenvalue weighted by Crippen LogP contribution is -2.53. The van der Waals surface area contributed by atoms with Gasteiger partial charge in [-0.15, -0.1) is 0 Å². The summed E-state index contributed by atoms with van der Waals surface area (Å²) in [5, 5.41) is 13.2. The van der Waals surface area contributed by atoms with E-state index >= 15 is 0 Å². The lowest BCUT2D eigenvalue weighted by atomic mass is 10.1. The maximum atomic E-state index is 12.3. The van der Waals surface area contributed by atoms with Crippen LogP contribution >= 0.6 is 0 Å². The number of phenolic OH excluding ortho intramolecular Hbond substituents is 1. The quantitative estimate of drug-likeness (QED) is 0.715. The molecule has 1 aromatic carbocycles. The highest BCUT2D eigenvalue weighted by molar-refractivity contribution is 5.83. The number of nitrogens with one attached hydrogen (secondary N) is 1. The fourth-order valence-electron chi connectivity index (χ4n) is 2.31. The highest BCUT2D eigenvalue weighted by atomic mass is 16.3. The van der Waals surface area contributed by atoms with Gasteiger partial charge < -0.3 is 10.4 Å². The first-order valence-corrected chi connectivity index (χ1v) is 5.75. The van der Waals surface area contributed by atoms with Gasteiger partial charge in [0.15, 0.2) is 0 Å². The van der Waals surface area contributed by atoms with Crippen LogP contribution in [-0.4, -0.2) is 27.3 Å². The predicted octanol–water partition coefficient (Wildman–Crippen LogP) is -0.450. The molecule has 0 aliphatic carbocycles. The van der Waals surface area contributed by atoms with E-state index in [0.29, 0.717) is 18.5 Å². The van der Waals surface area contributed by atoms with E-state index in [1.54, 1.807) is 19.2 Å².